The maximum atomic E-state index is 9.86. The first-order valence-electron chi connectivity index (χ1n) is 6.37. The van der Waals surface area contributed by atoms with Crippen LogP contribution in [0.3, 0.4) is 0 Å². The van der Waals surface area contributed by atoms with E-state index in [4.69, 9.17) is 10.9 Å². The predicted molar refractivity (Wildman–Crippen MR) is 76.2 cm³/mol. The van der Waals surface area contributed by atoms with Gasteiger partial charge in [0.25, 0.3) is 0 Å². The highest BCUT2D eigenvalue weighted by Crippen LogP contribution is 2.11. The standard InChI is InChI=1S/C14H23N3O2/c1-4-17(10-14(2,3)18)9-11-6-5-7-12(8-11)13(15)16-19/h5-8,18-19H,4,9-10H2,1-3H3,(H2,15,16). The summed E-state index contributed by atoms with van der Waals surface area (Å²) in [5.41, 5.74) is 6.61. The van der Waals surface area contributed by atoms with Crippen LogP contribution < -0.4 is 5.73 Å². The van der Waals surface area contributed by atoms with Crippen molar-refractivity contribution in [3.05, 3.63) is 35.4 Å². The molecule has 0 aliphatic carbocycles. The molecule has 0 aliphatic heterocycles. The van der Waals surface area contributed by atoms with Crippen LogP contribution in [0.5, 0.6) is 0 Å². The first-order chi connectivity index (χ1) is 8.85. The number of hydrogen-bond donors (Lipinski definition) is 3. The highest BCUT2D eigenvalue weighted by atomic mass is 16.4. The summed E-state index contributed by atoms with van der Waals surface area (Å²) in [7, 11) is 0. The molecule has 0 aliphatic rings. The fourth-order valence-electron chi connectivity index (χ4n) is 1.97. The molecule has 5 nitrogen and oxygen atoms in total. The molecule has 0 amide bonds. The molecule has 0 aromatic heterocycles. The lowest BCUT2D eigenvalue weighted by molar-refractivity contribution is 0.0353. The Morgan fingerprint density at radius 1 is 1.42 bits per heavy atom. The first-order valence-corrected chi connectivity index (χ1v) is 6.37. The van der Waals surface area contributed by atoms with Crippen molar-refractivity contribution in [2.75, 3.05) is 13.1 Å². The third kappa shape index (κ3) is 5.28. The highest BCUT2D eigenvalue weighted by Gasteiger charge is 2.17. The van der Waals surface area contributed by atoms with Gasteiger partial charge in [0.15, 0.2) is 5.84 Å². The molecule has 106 valence electrons. The Bertz CT molecular complexity index is 439. The van der Waals surface area contributed by atoms with Gasteiger partial charge in [0.2, 0.25) is 0 Å². The van der Waals surface area contributed by atoms with E-state index in [1.54, 1.807) is 19.9 Å². The number of amidine groups is 1. The van der Waals surface area contributed by atoms with Gasteiger partial charge in [-0.1, -0.05) is 30.3 Å². The summed E-state index contributed by atoms with van der Waals surface area (Å²) in [6, 6.07) is 7.55. The molecule has 0 spiro atoms. The zero-order chi connectivity index (χ0) is 14.5. The van der Waals surface area contributed by atoms with E-state index in [0.717, 1.165) is 12.1 Å². The Labute approximate surface area is 114 Å². The van der Waals surface area contributed by atoms with Crippen LogP contribution in [0.4, 0.5) is 0 Å². The normalized spacial score (nSPS) is 13.0. The monoisotopic (exact) mass is 265 g/mol. The van der Waals surface area contributed by atoms with E-state index in [9.17, 15) is 5.11 Å². The van der Waals surface area contributed by atoms with Gasteiger partial charge in [-0.25, -0.2) is 0 Å². The van der Waals surface area contributed by atoms with Crippen molar-refractivity contribution in [3.8, 4) is 0 Å². The van der Waals surface area contributed by atoms with Crippen molar-refractivity contribution in [1.29, 1.82) is 0 Å². The smallest absolute Gasteiger partial charge is 0.170 e. The van der Waals surface area contributed by atoms with Gasteiger partial charge in [-0.05, 0) is 32.0 Å². The molecule has 5 heteroatoms. The predicted octanol–water partition coefficient (Wildman–Crippen LogP) is 1.37. The van der Waals surface area contributed by atoms with Crippen molar-refractivity contribution in [1.82, 2.24) is 4.90 Å². The minimum atomic E-state index is -0.723. The number of benzene rings is 1. The van der Waals surface area contributed by atoms with E-state index in [1.165, 1.54) is 0 Å². The van der Waals surface area contributed by atoms with E-state index >= 15 is 0 Å². The quantitative estimate of drug-likeness (QED) is 0.314. The van der Waals surface area contributed by atoms with Gasteiger partial charge < -0.3 is 16.0 Å². The topological polar surface area (TPSA) is 82.1 Å². The van der Waals surface area contributed by atoms with Crippen LogP contribution >= 0.6 is 0 Å². The van der Waals surface area contributed by atoms with E-state index in [2.05, 4.69) is 17.0 Å². The molecule has 1 rings (SSSR count). The van der Waals surface area contributed by atoms with Crippen LogP contribution in [0.15, 0.2) is 29.4 Å². The summed E-state index contributed by atoms with van der Waals surface area (Å²) < 4.78 is 0. The molecule has 0 radical (unpaired) electrons. The van der Waals surface area contributed by atoms with Gasteiger partial charge in [0.1, 0.15) is 0 Å². The van der Waals surface area contributed by atoms with Gasteiger partial charge in [-0.2, -0.15) is 0 Å². The summed E-state index contributed by atoms with van der Waals surface area (Å²) in [6.07, 6.45) is 0. The average molecular weight is 265 g/mol. The number of likely N-dealkylation sites (N-methyl/N-ethyl adjacent to an activating group) is 1. The summed E-state index contributed by atoms with van der Waals surface area (Å²) in [4.78, 5) is 2.14. The van der Waals surface area contributed by atoms with Crippen LogP contribution in [0.2, 0.25) is 0 Å². The molecule has 0 fully saturated rings. The molecule has 1 aromatic rings. The fourth-order valence-corrected chi connectivity index (χ4v) is 1.97. The van der Waals surface area contributed by atoms with E-state index < -0.39 is 5.60 Å². The molecular formula is C14H23N3O2. The lowest BCUT2D eigenvalue weighted by atomic mass is 10.1. The van der Waals surface area contributed by atoms with Gasteiger partial charge in [0, 0.05) is 18.7 Å². The Morgan fingerprint density at radius 2 is 2.11 bits per heavy atom. The molecule has 0 saturated carbocycles. The zero-order valence-electron chi connectivity index (χ0n) is 11.8. The number of oxime groups is 1. The number of rotatable bonds is 6. The molecular weight excluding hydrogens is 242 g/mol. The first kappa shape index (κ1) is 15.5. The third-order valence-electron chi connectivity index (χ3n) is 2.79. The van der Waals surface area contributed by atoms with E-state index in [-0.39, 0.29) is 5.84 Å². The Balaban J connectivity index is 2.80. The van der Waals surface area contributed by atoms with Crippen LogP contribution in [-0.2, 0) is 6.54 Å². The molecule has 1 aromatic carbocycles. The summed E-state index contributed by atoms with van der Waals surface area (Å²) in [6.45, 7) is 7.80. The van der Waals surface area contributed by atoms with Crippen molar-refractivity contribution in [2.45, 2.75) is 32.9 Å². The number of hydrogen-bond acceptors (Lipinski definition) is 4. The molecule has 0 bridgehead atoms. The Hall–Kier alpha value is -1.59. The average Bonchev–Trinajstić information content (AvgIpc) is 2.35. The van der Waals surface area contributed by atoms with Crippen molar-refractivity contribution >= 4 is 5.84 Å². The van der Waals surface area contributed by atoms with Crippen LogP contribution in [-0.4, -0.2) is 39.7 Å². The summed E-state index contributed by atoms with van der Waals surface area (Å²) >= 11 is 0. The van der Waals surface area contributed by atoms with Crippen molar-refractivity contribution in [2.24, 2.45) is 10.9 Å². The summed E-state index contributed by atoms with van der Waals surface area (Å²) in [5.74, 6) is 0.104. The molecule has 0 atom stereocenters. The largest absolute Gasteiger partial charge is 0.409 e. The molecule has 4 N–H and O–H groups in total. The number of nitrogens with two attached hydrogens (primary N) is 1. The summed E-state index contributed by atoms with van der Waals surface area (Å²) in [5, 5.41) is 21.5. The lowest BCUT2D eigenvalue weighted by Gasteiger charge is -2.28. The zero-order valence-corrected chi connectivity index (χ0v) is 11.8. The molecule has 0 unspecified atom stereocenters. The molecule has 0 heterocycles. The van der Waals surface area contributed by atoms with E-state index in [1.807, 2.05) is 18.2 Å². The van der Waals surface area contributed by atoms with Crippen LogP contribution in [0.25, 0.3) is 0 Å². The Morgan fingerprint density at radius 3 is 2.63 bits per heavy atom. The molecule has 0 saturated heterocycles. The minimum absolute atomic E-state index is 0.104. The second-order valence-electron chi connectivity index (χ2n) is 5.30. The SMILES string of the molecule is CCN(Cc1cccc(C(N)=NO)c1)CC(C)(C)O. The highest BCUT2D eigenvalue weighted by molar-refractivity contribution is 5.97. The van der Waals surface area contributed by atoms with Gasteiger partial charge in [-0.15, -0.1) is 0 Å². The number of aliphatic hydroxyl groups is 1. The second-order valence-corrected chi connectivity index (χ2v) is 5.30. The maximum Gasteiger partial charge on any atom is 0.170 e. The maximum absolute atomic E-state index is 9.86. The third-order valence-corrected chi connectivity index (χ3v) is 2.79. The van der Waals surface area contributed by atoms with Gasteiger partial charge >= 0.3 is 0 Å². The minimum Gasteiger partial charge on any atom is -0.409 e. The fraction of sp³-hybridized carbons (Fsp3) is 0.500. The van der Waals surface area contributed by atoms with Crippen LogP contribution in [0, 0.1) is 0 Å². The van der Waals surface area contributed by atoms with Gasteiger partial charge in [0.05, 0.1) is 5.60 Å². The van der Waals surface area contributed by atoms with E-state index in [0.29, 0.717) is 18.7 Å². The van der Waals surface area contributed by atoms with Crippen molar-refractivity contribution < 1.29 is 10.3 Å². The Kier molecular flexibility index (Phi) is 5.32. The van der Waals surface area contributed by atoms with Gasteiger partial charge in [-0.3, -0.25) is 4.90 Å². The molecule has 19 heavy (non-hydrogen) atoms. The van der Waals surface area contributed by atoms with Crippen molar-refractivity contribution in [3.63, 3.8) is 0 Å². The second kappa shape index (κ2) is 6.54. The lowest BCUT2D eigenvalue weighted by Crippen LogP contribution is -2.38. The van der Waals surface area contributed by atoms with Crippen LogP contribution in [0.1, 0.15) is 31.9 Å². The number of nitrogens with zero attached hydrogens (tertiary/aromatic N) is 2.